The lowest BCUT2D eigenvalue weighted by Crippen LogP contribution is -2.29. The first-order chi connectivity index (χ1) is 10.0. The summed E-state index contributed by atoms with van der Waals surface area (Å²) in [7, 11) is 0. The number of carbonyl (C=O) groups is 1. The van der Waals surface area contributed by atoms with E-state index in [9.17, 15) is 4.79 Å². The van der Waals surface area contributed by atoms with E-state index in [2.05, 4.69) is 31.3 Å². The minimum Gasteiger partial charge on any atom is -0.345 e. The maximum absolute atomic E-state index is 12.6. The first-order valence-electron chi connectivity index (χ1n) is 7.46. The molecule has 0 spiro atoms. The zero-order chi connectivity index (χ0) is 15.4. The van der Waals surface area contributed by atoms with Crippen molar-refractivity contribution in [2.45, 2.75) is 40.2 Å². The number of hydrogen-bond acceptors (Lipinski definition) is 1. The third-order valence-corrected chi connectivity index (χ3v) is 3.92. The summed E-state index contributed by atoms with van der Waals surface area (Å²) in [5.41, 5.74) is 5.29. The molecule has 0 unspecified atom stereocenters. The van der Waals surface area contributed by atoms with E-state index in [-0.39, 0.29) is 11.9 Å². The van der Waals surface area contributed by atoms with E-state index in [4.69, 9.17) is 0 Å². The molecule has 21 heavy (non-hydrogen) atoms. The van der Waals surface area contributed by atoms with Crippen molar-refractivity contribution in [1.29, 1.82) is 0 Å². The molecule has 2 rings (SSSR count). The molecule has 2 aromatic carbocycles. The van der Waals surface area contributed by atoms with Crippen LogP contribution < -0.4 is 5.32 Å². The van der Waals surface area contributed by atoms with Gasteiger partial charge in [-0.25, -0.2) is 0 Å². The van der Waals surface area contributed by atoms with Gasteiger partial charge in [0.1, 0.15) is 0 Å². The van der Waals surface area contributed by atoms with E-state index in [1.165, 1.54) is 11.1 Å². The standard InChI is InChI=1S/C19H23NO/c1-5-18(16-9-7-6-8-14(16)3)20-19(21)17-12-13(2)10-11-15(17)4/h6-12,18H,5H2,1-4H3,(H,20,21)/t18-/m0/s1. The van der Waals surface area contributed by atoms with Crippen molar-refractivity contribution in [3.05, 3.63) is 70.3 Å². The second-order valence-corrected chi connectivity index (χ2v) is 5.61. The Morgan fingerprint density at radius 1 is 1.05 bits per heavy atom. The maximum Gasteiger partial charge on any atom is 0.252 e. The third kappa shape index (κ3) is 3.52. The monoisotopic (exact) mass is 281 g/mol. The van der Waals surface area contributed by atoms with Gasteiger partial charge in [-0.1, -0.05) is 48.9 Å². The van der Waals surface area contributed by atoms with Crippen LogP contribution in [0.3, 0.4) is 0 Å². The van der Waals surface area contributed by atoms with E-state index in [0.29, 0.717) is 0 Å². The van der Waals surface area contributed by atoms with Crippen molar-refractivity contribution in [3.8, 4) is 0 Å². The Labute approximate surface area is 127 Å². The average Bonchev–Trinajstić information content (AvgIpc) is 2.48. The van der Waals surface area contributed by atoms with Gasteiger partial charge in [-0.3, -0.25) is 4.79 Å². The summed E-state index contributed by atoms with van der Waals surface area (Å²) < 4.78 is 0. The summed E-state index contributed by atoms with van der Waals surface area (Å²) in [4.78, 5) is 12.6. The van der Waals surface area contributed by atoms with Crippen molar-refractivity contribution >= 4 is 5.91 Å². The molecule has 0 aliphatic heterocycles. The van der Waals surface area contributed by atoms with Gasteiger partial charge in [0.15, 0.2) is 0 Å². The summed E-state index contributed by atoms with van der Waals surface area (Å²) in [6.07, 6.45) is 0.876. The van der Waals surface area contributed by atoms with Crippen LogP contribution in [0.2, 0.25) is 0 Å². The van der Waals surface area contributed by atoms with Crippen LogP contribution in [0.5, 0.6) is 0 Å². The second kappa shape index (κ2) is 6.57. The number of benzene rings is 2. The number of hydrogen-bond donors (Lipinski definition) is 1. The Morgan fingerprint density at radius 2 is 1.76 bits per heavy atom. The van der Waals surface area contributed by atoms with E-state index in [1.54, 1.807) is 0 Å². The number of carbonyl (C=O) groups excluding carboxylic acids is 1. The molecule has 0 aliphatic carbocycles. The summed E-state index contributed by atoms with van der Waals surface area (Å²) in [5.74, 6) is 0.00584. The van der Waals surface area contributed by atoms with Gasteiger partial charge in [0.25, 0.3) is 5.91 Å². The van der Waals surface area contributed by atoms with Gasteiger partial charge in [0, 0.05) is 5.56 Å². The van der Waals surface area contributed by atoms with Gasteiger partial charge in [-0.2, -0.15) is 0 Å². The molecule has 1 amide bonds. The molecule has 0 fully saturated rings. The van der Waals surface area contributed by atoms with Crippen LogP contribution in [0.15, 0.2) is 42.5 Å². The molecule has 0 saturated heterocycles. The number of nitrogens with one attached hydrogen (secondary N) is 1. The molecule has 2 nitrogen and oxygen atoms in total. The number of amides is 1. The number of rotatable bonds is 4. The van der Waals surface area contributed by atoms with Crippen LogP contribution in [0.1, 0.15) is 52.0 Å². The first-order valence-corrected chi connectivity index (χ1v) is 7.46. The minimum absolute atomic E-state index is 0.00584. The molecule has 0 bridgehead atoms. The Morgan fingerprint density at radius 3 is 2.43 bits per heavy atom. The summed E-state index contributed by atoms with van der Waals surface area (Å²) >= 11 is 0. The fourth-order valence-electron chi connectivity index (χ4n) is 2.59. The molecule has 0 saturated carbocycles. The Bertz CT molecular complexity index is 646. The van der Waals surface area contributed by atoms with Crippen LogP contribution in [0.4, 0.5) is 0 Å². The fraction of sp³-hybridized carbons (Fsp3) is 0.316. The molecule has 0 radical (unpaired) electrons. The van der Waals surface area contributed by atoms with E-state index in [0.717, 1.165) is 23.1 Å². The molecule has 0 aromatic heterocycles. The maximum atomic E-state index is 12.6. The smallest absolute Gasteiger partial charge is 0.252 e. The lowest BCUT2D eigenvalue weighted by molar-refractivity contribution is 0.0935. The van der Waals surface area contributed by atoms with Gasteiger partial charge >= 0.3 is 0 Å². The fourth-order valence-corrected chi connectivity index (χ4v) is 2.59. The van der Waals surface area contributed by atoms with Gasteiger partial charge in [0.2, 0.25) is 0 Å². The normalized spacial score (nSPS) is 12.0. The Kier molecular flexibility index (Phi) is 4.79. The highest BCUT2D eigenvalue weighted by Crippen LogP contribution is 2.21. The van der Waals surface area contributed by atoms with Gasteiger partial charge in [-0.05, 0) is 49.9 Å². The number of aryl methyl sites for hydroxylation is 3. The molecule has 2 heteroatoms. The van der Waals surface area contributed by atoms with E-state index in [1.807, 2.05) is 44.2 Å². The summed E-state index contributed by atoms with van der Waals surface area (Å²) in [5, 5.41) is 3.17. The van der Waals surface area contributed by atoms with Crippen LogP contribution in [0.25, 0.3) is 0 Å². The highest BCUT2D eigenvalue weighted by atomic mass is 16.1. The molecule has 0 heterocycles. The summed E-state index contributed by atoms with van der Waals surface area (Å²) in [6.45, 7) is 8.17. The molecule has 0 aliphatic rings. The SMILES string of the molecule is CC[C@H](NC(=O)c1cc(C)ccc1C)c1ccccc1C. The van der Waals surface area contributed by atoms with E-state index < -0.39 is 0 Å². The topological polar surface area (TPSA) is 29.1 Å². The highest BCUT2D eigenvalue weighted by Gasteiger charge is 2.16. The third-order valence-electron chi connectivity index (χ3n) is 3.92. The van der Waals surface area contributed by atoms with Crippen LogP contribution >= 0.6 is 0 Å². The van der Waals surface area contributed by atoms with Crippen LogP contribution in [-0.4, -0.2) is 5.91 Å². The van der Waals surface area contributed by atoms with Crippen molar-refractivity contribution in [1.82, 2.24) is 5.32 Å². The quantitative estimate of drug-likeness (QED) is 0.878. The lowest BCUT2D eigenvalue weighted by atomic mass is 9.98. The molecule has 1 N–H and O–H groups in total. The van der Waals surface area contributed by atoms with Crippen LogP contribution in [0, 0.1) is 20.8 Å². The van der Waals surface area contributed by atoms with Crippen molar-refractivity contribution in [3.63, 3.8) is 0 Å². The van der Waals surface area contributed by atoms with Gasteiger partial charge in [-0.15, -0.1) is 0 Å². The molecule has 1 atom stereocenters. The largest absolute Gasteiger partial charge is 0.345 e. The molecule has 110 valence electrons. The predicted octanol–water partition coefficient (Wildman–Crippen LogP) is 4.49. The van der Waals surface area contributed by atoms with Crippen molar-refractivity contribution in [2.75, 3.05) is 0 Å². The Hall–Kier alpha value is -2.09. The molecular formula is C19H23NO. The predicted molar refractivity (Wildman–Crippen MR) is 87.6 cm³/mol. The molecular weight excluding hydrogens is 258 g/mol. The van der Waals surface area contributed by atoms with Crippen molar-refractivity contribution in [2.24, 2.45) is 0 Å². The lowest BCUT2D eigenvalue weighted by Gasteiger charge is -2.20. The molecule has 2 aromatic rings. The first kappa shape index (κ1) is 15.3. The van der Waals surface area contributed by atoms with Gasteiger partial charge < -0.3 is 5.32 Å². The second-order valence-electron chi connectivity index (χ2n) is 5.61. The van der Waals surface area contributed by atoms with Gasteiger partial charge in [0.05, 0.1) is 6.04 Å². The average molecular weight is 281 g/mol. The Balaban J connectivity index is 2.25. The highest BCUT2D eigenvalue weighted by molar-refractivity contribution is 5.96. The summed E-state index contributed by atoms with van der Waals surface area (Å²) in [6, 6.07) is 14.3. The van der Waals surface area contributed by atoms with Crippen LogP contribution in [-0.2, 0) is 0 Å². The zero-order valence-corrected chi connectivity index (χ0v) is 13.2. The van der Waals surface area contributed by atoms with E-state index >= 15 is 0 Å². The minimum atomic E-state index is 0.00584. The van der Waals surface area contributed by atoms with Crippen molar-refractivity contribution < 1.29 is 4.79 Å². The zero-order valence-electron chi connectivity index (χ0n) is 13.2.